The van der Waals surface area contributed by atoms with Gasteiger partial charge < -0.3 is 14.1 Å². The minimum atomic E-state index is -0.228. The molecule has 1 amide bonds. The second-order valence-electron chi connectivity index (χ2n) is 7.74. The minimum absolute atomic E-state index is 0. The number of hydrogen-bond acceptors (Lipinski definition) is 6. The number of halogens is 2. The molecule has 2 aromatic carbocycles. The molecule has 0 saturated carbocycles. The predicted octanol–water partition coefficient (Wildman–Crippen LogP) is 6.81. The summed E-state index contributed by atoms with van der Waals surface area (Å²) in [6.45, 7) is 11.7. The zero-order chi connectivity index (χ0) is 23.5. The summed E-state index contributed by atoms with van der Waals surface area (Å²) >= 11 is 7.87. The lowest BCUT2D eigenvalue weighted by Gasteiger charge is -2.24. The third-order valence-electron chi connectivity index (χ3n) is 5.71. The second kappa shape index (κ2) is 11.4. The molecular formula is C25H29Cl2N3O3S. The number of carbonyl (C=O) groups is 1. The van der Waals surface area contributed by atoms with Crippen molar-refractivity contribution in [2.45, 2.75) is 27.7 Å². The molecule has 0 saturated heterocycles. The van der Waals surface area contributed by atoms with Crippen LogP contribution in [0, 0.1) is 6.92 Å². The lowest BCUT2D eigenvalue weighted by atomic mass is 10.2. The highest BCUT2D eigenvalue weighted by Gasteiger charge is 2.26. The number of para-hydroxylation sites is 1. The van der Waals surface area contributed by atoms with Gasteiger partial charge in [0.2, 0.25) is 0 Å². The number of aromatic nitrogens is 1. The molecular weight excluding hydrogens is 493 g/mol. The van der Waals surface area contributed by atoms with Gasteiger partial charge in [0, 0.05) is 18.5 Å². The van der Waals surface area contributed by atoms with Crippen LogP contribution in [0.25, 0.3) is 21.2 Å². The Balaban J connectivity index is 0.00000324. The number of rotatable bonds is 9. The van der Waals surface area contributed by atoms with Crippen LogP contribution in [-0.4, -0.2) is 48.6 Å². The van der Waals surface area contributed by atoms with Crippen molar-refractivity contribution in [3.63, 3.8) is 0 Å². The van der Waals surface area contributed by atoms with Crippen LogP contribution < -0.4 is 9.64 Å². The first kappa shape index (κ1) is 26.3. The van der Waals surface area contributed by atoms with E-state index < -0.39 is 0 Å². The lowest BCUT2D eigenvalue weighted by molar-refractivity contribution is 0.0959. The Labute approximate surface area is 214 Å². The van der Waals surface area contributed by atoms with E-state index in [0.29, 0.717) is 34.6 Å². The molecule has 4 aromatic rings. The Morgan fingerprint density at radius 1 is 1.15 bits per heavy atom. The molecule has 0 N–H and O–H groups in total. The van der Waals surface area contributed by atoms with Gasteiger partial charge in [0.25, 0.3) is 5.91 Å². The van der Waals surface area contributed by atoms with E-state index in [0.717, 1.165) is 40.8 Å². The van der Waals surface area contributed by atoms with Gasteiger partial charge in [0.05, 0.1) is 21.8 Å². The van der Waals surface area contributed by atoms with E-state index in [-0.39, 0.29) is 24.1 Å². The third kappa shape index (κ3) is 5.18. The van der Waals surface area contributed by atoms with Crippen molar-refractivity contribution in [1.82, 2.24) is 9.88 Å². The number of aryl methyl sites for hydroxylation is 1. The number of nitrogens with zero attached hydrogens (tertiary/aromatic N) is 3. The van der Waals surface area contributed by atoms with Crippen LogP contribution in [0.15, 0.2) is 40.8 Å². The van der Waals surface area contributed by atoms with E-state index in [1.165, 1.54) is 11.3 Å². The molecule has 0 aliphatic rings. The fourth-order valence-corrected chi connectivity index (χ4v) is 5.16. The summed E-state index contributed by atoms with van der Waals surface area (Å²) in [5.41, 5.74) is 2.43. The first-order valence-corrected chi connectivity index (χ1v) is 12.4. The molecule has 182 valence electrons. The number of fused-ring (bicyclic) bond motifs is 2. The topological polar surface area (TPSA) is 58.8 Å². The number of ether oxygens (including phenoxy) is 1. The van der Waals surface area contributed by atoms with Gasteiger partial charge in [-0.05, 0) is 50.7 Å². The van der Waals surface area contributed by atoms with Crippen LogP contribution in [0.2, 0.25) is 5.02 Å². The van der Waals surface area contributed by atoms with Crippen molar-refractivity contribution in [2.24, 2.45) is 0 Å². The van der Waals surface area contributed by atoms with E-state index in [2.05, 4.69) is 18.7 Å². The predicted molar refractivity (Wildman–Crippen MR) is 143 cm³/mol. The monoisotopic (exact) mass is 521 g/mol. The maximum Gasteiger partial charge on any atom is 0.295 e. The van der Waals surface area contributed by atoms with Gasteiger partial charge in [-0.15, -0.1) is 12.4 Å². The van der Waals surface area contributed by atoms with Crippen molar-refractivity contribution in [3.8, 4) is 5.75 Å². The molecule has 0 unspecified atom stereocenters. The smallest absolute Gasteiger partial charge is 0.295 e. The first-order chi connectivity index (χ1) is 16.0. The number of likely N-dealkylation sites (N-methyl/N-ethyl adjacent to an activating group) is 1. The zero-order valence-electron chi connectivity index (χ0n) is 19.8. The van der Waals surface area contributed by atoms with Gasteiger partial charge in [0.1, 0.15) is 0 Å². The van der Waals surface area contributed by atoms with Crippen LogP contribution in [0.3, 0.4) is 0 Å². The molecule has 0 fully saturated rings. The van der Waals surface area contributed by atoms with Crippen molar-refractivity contribution in [3.05, 3.63) is 52.7 Å². The maximum absolute atomic E-state index is 13.7. The summed E-state index contributed by atoms with van der Waals surface area (Å²) in [5.74, 6) is 0.665. The van der Waals surface area contributed by atoms with Crippen LogP contribution in [0.4, 0.5) is 5.13 Å². The lowest BCUT2D eigenvalue weighted by Crippen LogP contribution is -2.38. The Hall–Kier alpha value is -2.32. The fraction of sp³-hybridized carbons (Fsp3) is 0.360. The zero-order valence-corrected chi connectivity index (χ0v) is 22.1. The summed E-state index contributed by atoms with van der Waals surface area (Å²) in [4.78, 5) is 22.5. The van der Waals surface area contributed by atoms with E-state index in [1.807, 2.05) is 44.2 Å². The summed E-state index contributed by atoms with van der Waals surface area (Å²) in [5, 5.41) is 2.08. The van der Waals surface area contributed by atoms with E-state index >= 15 is 0 Å². The van der Waals surface area contributed by atoms with Crippen molar-refractivity contribution in [1.29, 1.82) is 0 Å². The number of carbonyl (C=O) groups excluding carboxylic acids is 1. The molecule has 0 spiro atoms. The van der Waals surface area contributed by atoms with Crippen molar-refractivity contribution >= 4 is 67.6 Å². The molecule has 4 rings (SSSR count). The Kier molecular flexibility index (Phi) is 8.82. The fourth-order valence-electron chi connectivity index (χ4n) is 3.82. The van der Waals surface area contributed by atoms with Crippen LogP contribution >= 0.6 is 35.3 Å². The summed E-state index contributed by atoms with van der Waals surface area (Å²) in [7, 11) is 0. The Bertz CT molecular complexity index is 1240. The number of amides is 1. The summed E-state index contributed by atoms with van der Waals surface area (Å²) < 4.78 is 12.6. The minimum Gasteiger partial charge on any atom is -0.490 e. The van der Waals surface area contributed by atoms with Crippen LogP contribution in [-0.2, 0) is 0 Å². The van der Waals surface area contributed by atoms with Gasteiger partial charge in [-0.3, -0.25) is 9.69 Å². The molecule has 2 aromatic heterocycles. The highest BCUT2D eigenvalue weighted by Crippen LogP contribution is 2.37. The van der Waals surface area contributed by atoms with Gasteiger partial charge in [-0.25, -0.2) is 4.98 Å². The number of anilines is 1. The molecule has 9 heteroatoms. The maximum atomic E-state index is 13.7. The van der Waals surface area contributed by atoms with Crippen LogP contribution in [0.5, 0.6) is 5.75 Å². The van der Waals surface area contributed by atoms with Crippen molar-refractivity contribution < 1.29 is 13.9 Å². The number of thiazole rings is 1. The average Bonchev–Trinajstić information content (AvgIpc) is 3.45. The normalized spacial score (nSPS) is 11.2. The SMILES string of the molecule is CCOc1cccc2cc(C(=O)N(CCN(CC)CC)c3nc4c(C)ccc(Cl)c4s3)oc12.Cl. The standard InChI is InChI=1S/C25H28ClN3O3S.ClH/c1-5-28(6-2)13-14-29(25-27-21-16(4)11-12-18(26)23(21)33-25)24(30)20-15-17-9-8-10-19(31-7-3)22(17)32-20;/h8-12,15H,5-7,13-14H2,1-4H3;1H. The Morgan fingerprint density at radius 2 is 1.91 bits per heavy atom. The second-order valence-corrected chi connectivity index (χ2v) is 9.13. The molecule has 0 radical (unpaired) electrons. The number of furan rings is 1. The van der Waals surface area contributed by atoms with E-state index in [1.54, 1.807) is 11.0 Å². The molecule has 0 aliphatic heterocycles. The number of hydrogen-bond donors (Lipinski definition) is 0. The van der Waals surface area contributed by atoms with E-state index in [4.69, 9.17) is 25.7 Å². The molecule has 34 heavy (non-hydrogen) atoms. The molecule has 0 atom stereocenters. The van der Waals surface area contributed by atoms with Crippen LogP contribution in [0.1, 0.15) is 36.9 Å². The molecule has 0 aliphatic carbocycles. The molecule has 2 heterocycles. The van der Waals surface area contributed by atoms with Gasteiger partial charge >= 0.3 is 0 Å². The molecule has 6 nitrogen and oxygen atoms in total. The van der Waals surface area contributed by atoms with Crippen molar-refractivity contribution in [2.75, 3.05) is 37.7 Å². The van der Waals surface area contributed by atoms with Gasteiger partial charge in [-0.2, -0.15) is 0 Å². The van der Waals surface area contributed by atoms with Gasteiger partial charge in [0.15, 0.2) is 22.2 Å². The summed E-state index contributed by atoms with van der Waals surface area (Å²) in [6.07, 6.45) is 0. The highest BCUT2D eigenvalue weighted by atomic mass is 35.5. The van der Waals surface area contributed by atoms with E-state index in [9.17, 15) is 4.79 Å². The Morgan fingerprint density at radius 3 is 2.59 bits per heavy atom. The summed E-state index contributed by atoms with van der Waals surface area (Å²) in [6, 6.07) is 11.3. The highest BCUT2D eigenvalue weighted by molar-refractivity contribution is 7.23. The average molecular weight is 522 g/mol. The largest absolute Gasteiger partial charge is 0.490 e. The number of benzene rings is 2. The quantitative estimate of drug-likeness (QED) is 0.242. The molecule has 0 bridgehead atoms. The first-order valence-electron chi connectivity index (χ1n) is 11.2. The van der Waals surface area contributed by atoms with Gasteiger partial charge in [-0.1, -0.05) is 55.0 Å². The third-order valence-corrected chi connectivity index (χ3v) is 7.25.